The van der Waals surface area contributed by atoms with Gasteiger partial charge in [0.1, 0.15) is 17.4 Å². The van der Waals surface area contributed by atoms with Gasteiger partial charge in [0.15, 0.2) is 0 Å². The Kier molecular flexibility index (Phi) is 3.57. The lowest BCUT2D eigenvalue weighted by atomic mass is 10.1. The Bertz CT molecular complexity index is 1050. The first-order valence-electron chi connectivity index (χ1n) is 7.87. The van der Waals surface area contributed by atoms with E-state index in [1.54, 1.807) is 13.3 Å². The van der Waals surface area contributed by atoms with Crippen molar-refractivity contribution in [2.45, 2.75) is 6.92 Å². The molecule has 3 aromatic heterocycles. The van der Waals surface area contributed by atoms with Gasteiger partial charge in [0.25, 0.3) is 0 Å². The summed E-state index contributed by atoms with van der Waals surface area (Å²) in [5.74, 6) is 1.87. The summed E-state index contributed by atoms with van der Waals surface area (Å²) in [5.41, 5.74) is 11.5. The van der Waals surface area contributed by atoms with E-state index in [1.165, 1.54) is 0 Å². The summed E-state index contributed by atoms with van der Waals surface area (Å²) in [6.07, 6.45) is 3.58. The van der Waals surface area contributed by atoms with Crippen LogP contribution < -0.4 is 10.5 Å². The molecule has 6 nitrogen and oxygen atoms in total. The Labute approximate surface area is 144 Å². The number of methoxy groups -OCH3 is 1. The van der Waals surface area contributed by atoms with Crippen LogP contribution in [-0.2, 0) is 0 Å². The first kappa shape index (κ1) is 15.1. The van der Waals surface area contributed by atoms with E-state index in [2.05, 4.69) is 19.9 Å². The summed E-state index contributed by atoms with van der Waals surface area (Å²) >= 11 is 0. The van der Waals surface area contributed by atoms with Gasteiger partial charge >= 0.3 is 0 Å². The van der Waals surface area contributed by atoms with E-state index < -0.39 is 0 Å². The number of hydrogen-bond acceptors (Lipinski definition) is 5. The van der Waals surface area contributed by atoms with Crippen molar-refractivity contribution in [1.29, 1.82) is 0 Å². The number of benzene rings is 1. The van der Waals surface area contributed by atoms with Crippen LogP contribution in [-0.4, -0.2) is 27.0 Å². The molecule has 124 valence electrons. The average Bonchev–Trinajstić information content (AvgIpc) is 3.05. The van der Waals surface area contributed by atoms with Gasteiger partial charge < -0.3 is 15.5 Å². The first-order valence-corrected chi connectivity index (χ1v) is 7.87. The number of pyridine rings is 2. The minimum Gasteiger partial charge on any atom is -0.497 e. The van der Waals surface area contributed by atoms with Gasteiger partial charge in [0.05, 0.1) is 23.7 Å². The van der Waals surface area contributed by atoms with Crippen molar-refractivity contribution in [2.24, 2.45) is 0 Å². The Morgan fingerprint density at radius 2 is 1.84 bits per heavy atom. The van der Waals surface area contributed by atoms with Crippen LogP contribution in [0.25, 0.3) is 33.5 Å². The Balaban J connectivity index is 1.81. The van der Waals surface area contributed by atoms with Crippen molar-refractivity contribution in [2.75, 3.05) is 12.8 Å². The minimum atomic E-state index is 0.426. The zero-order valence-corrected chi connectivity index (χ0v) is 13.9. The number of aromatic nitrogens is 4. The minimum absolute atomic E-state index is 0.426. The van der Waals surface area contributed by atoms with Gasteiger partial charge in [-0.05, 0) is 31.2 Å². The summed E-state index contributed by atoms with van der Waals surface area (Å²) in [4.78, 5) is 16.6. The second-order valence-corrected chi connectivity index (χ2v) is 5.81. The van der Waals surface area contributed by atoms with E-state index in [1.807, 2.05) is 49.5 Å². The fourth-order valence-corrected chi connectivity index (χ4v) is 2.70. The number of anilines is 1. The molecule has 25 heavy (non-hydrogen) atoms. The lowest BCUT2D eigenvalue weighted by Crippen LogP contribution is -1.96. The molecular formula is C19H17N5O. The van der Waals surface area contributed by atoms with E-state index in [0.717, 1.165) is 39.2 Å². The average molecular weight is 331 g/mol. The lowest BCUT2D eigenvalue weighted by Gasteiger charge is -2.06. The number of hydrogen-bond donors (Lipinski definition) is 2. The topological polar surface area (TPSA) is 89.7 Å². The lowest BCUT2D eigenvalue weighted by molar-refractivity contribution is 0.415. The van der Waals surface area contributed by atoms with E-state index in [-0.39, 0.29) is 0 Å². The number of aromatic amines is 1. The Morgan fingerprint density at radius 1 is 1.00 bits per heavy atom. The Hall–Kier alpha value is -3.41. The summed E-state index contributed by atoms with van der Waals surface area (Å²) in [6, 6.07) is 11.7. The number of H-pyrrole nitrogens is 1. The first-order chi connectivity index (χ1) is 12.1. The highest BCUT2D eigenvalue weighted by Crippen LogP contribution is 2.30. The van der Waals surface area contributed by atoms with Crippen molar-refractivity contribution < 1.29 is 4.74 Å². The molecule has 0 unspecified atom stereocenters. The number of nitrogens with two attached hydrogens (primary N) is 1. The number of fused-ring (bicyclic) bond motifs is 1. The molecule has 0 fully saturated rings. The molecule has 0 saturated carbocycles. The van der Waals surface area contributed by atoms with E-state index in [0.29, 0.717) is 11.6 Å². The van der Waals surface area contributed by atoms with Gasteiger partial charge in [-0.1, -0.05) is 6.07 Å². The molecule has 0 spiro atoms. The molecule has 1 aromatic carbocycles. The van der Waals surface area contributed by atoms with E-state index >= 15 is 0 Å². The van der Waals surface area contributed by atoms with Gasteiger partial charge in [-0.2, -0.15) is 0 Å². The molecule has 0 atom stereocenters. The molecule has 4 rings (SSSR count). The number of nitrogens with one attached hydrogen (secondary N) is 1. The predicted octanol–water partition coefficient (Wildman–Crippen LogP) is 3.59. The van der Waals surface area contributed by atoms with Crippen LogP contribution in [0, 0.1) is 6.92 Å². The number of ether oxygens (including phenoxy) is 1. The van der Waals surface area contributed by atoms with Crippen molar-refractivity contribution in [1.82, 2.24) is 19.9 Å². The number of aryl methyl sites for hydroxylation is 1. The van der Waals surface area contributed by atoms with E-state index in [9.17, 15) is 0 Å². The molecule has 0 amide bonds. The fraction of sp³-hybridized carbons (Fsp3) is 0.105. The normalized spacial score (nSPS) is 11.0. The maximum absolute atomic E-state index is 6.09. The monoisotopic (exact) mass is 331 g/mol. The smallest absolute Gasteiger partial charge is 0.142 e. The molecule has 0 radical (unpaired) electrons. The van der Waals surface area contributed by atoms with Gasteiger partial charge in [-0.15, -0.1) is 0 Å². The number of imidazole rings is 1. The van der Waals surface area contributed by atoms with Crippen LogP contribution >= 0.6 is 0 Å². The zero-order chi connectivity index (χ0) is 17.4. The summed E-state index contributed by atoms with van der Waals surface area (Å²) in [7, 11) is 1.64. The standard InChI is InChI=1S/C19H17N5O/c1-11-3-4-12(9-21-11)13-7-15(18(20)22-10-13)19-23-16-6-5-14(25-2)8-17(16)24-19/h3-10H,1-2H3,(H2,20,22)(H,23,24). The maximum Gasteiger partial charge on any atom is 0.142 e. The van der Waals surface area contributed by atoms with Crippen LogP contribution in [0.2, 0.25) is 0 Å². The SMILES string of the molecule is COc1ccc2nc(-c3cc(-c4ccc(C)nc4)cnc3N)[nH]c2c1. The molecule has 3 N–H and O–H groups in total. The third kappa shape index (κ3) is 2.78. The molecule has 3 heterocycles. The summed E-state index contributed by atoms with van der Waals surface area (Å²) in [5, 5.41) is 0. The molecule has 4 aromatic rings. The number of rotatable bonds is 3. The van der Waals surface area contributed by atoms with Gasteiger partial charge in [-0.3, -0.25) is 4.98 Å². The summed E-state index contributed by atoms with van der Waals surface area (Å²) in [6.45, 7) is 1.96. The molecule has 0 aliphatic heterocycles. The number of nitrogens with zero attached hydrogens (tertiary/aromatic N) is 3. The van der Waals surface area contributed by atoms with Gasteiger partial charge in [-0.25, -0.2) is 9.97 Å². The maximum atomic E-state index is 6.09. The predicted molar refractivity (Wildman–Crippen MR) is 98.3 cm³/mol. The fourth-order valence-electron chi connectivity index (χ4n) is 2.70. The quantitative estimate of drug-likeness (QED) is 0.599. The molecule has 0 bridgehead atoms. The van der Waals surface area contributed by atoms with Crippen LogP contribution in [0.1, 0.15) is 5.69 Å². The highest BCUT2D eigenvalue weighted by atomic mass is 16.5. The van der Waals surface area contributed by atoms with Crippen LogP contribution in [0.4, 0.5) is 5.82 Å². The molecule has 0 aliphatic rings. The van der Waals surface area contributed by atoms with Gasteiger partial charge in [0, 0.05) is 35.3 Å². The molecule has 0 saturated heterocycles. The van der Waals surface area contributed by atoms with Crippen molar-refractivity contribution in [3.63, 3.8) is 0 Å². The molecule has 6 heteroatoms. The zero-order valence-electron chi connectivity index (χ0n) is 13.9. The van der Waals surface area contributed by atoms with Crippen LogP contribution in [0.15, 0.2) is 48.8 Å². The highest BCUT2D eigenvalue weighted by Gasteiger charge is 2.12. The second kappa shape index (κ2) is 5.90. The van der Waals surface area contributed by atoms with Gasteiger partial charge in [0.2, 0.25) is 0 Å². The van der Waals surface area contributed by atoms with Crippen LogP contribution in [0.5, 0.6) is 5.75 Å². The van der Waals surface area contributed by atoms with Crippen molar-refractivity contribution in [3.8, 4) is 28.3 Å². The third-order valence-electron chi connectivity index (χ3n) is 4.11. The highest BCUT2D eigenvalue weighted by molar-refractivity contribution is 5.84. The van der Waals surface area contributed by atoms with Crippen molar-refractivity contribution in [3.05, 3.63) is 54.5 Å². The molecular weight excluding hydrogens is 314 g/mol. The van der Waals surface area contributed by atoms with E-state index in [4.69, 9.17) is 10.5 Å². The van der Waals surface area contributed by atoms with Crippen molar-refractivity contribution >= 4 is 16.9 Å². The largest absolute Gasteiger partial charge is 0.497 e. The Morgan fingerprint density at radius 3 is 2.60 bits per heavy atom. The van der Waals surface area contributed by atoms with Crippen LogP contribution in [0.3, 0.4) is 0 Å². The molecule has 0 aliphatic carbocycles. The second-order valence-electron chi connectivity index (χ2n) is 5.81. The summed E-state index contributed by atoms with van der Waals surface area (Å²) < 4.78 is 5.26. The number of nitrogen functional groups attached to an aromatic ring is 1. The third-order valence-corrected chi connectivity index (χ3v) is 4.11.